The van der Waals surface area contributed by atoms with Crippen LogP contribution in [0.3, 0.4) is 0 Å². The molecule has 0 unspecified atom stereocenters. The summed E-state index contributed by atoms with van der Waals surface area (Å²) >= 11 is 3.32. The highest BCUT2D eigenvalue weighted by atomic mass is 79.9. The molecule has 0 aliphatic carbocycles. The minimum absolute atomic E-state index is 0.0264. The van der Waals surface area contributed by atoms with Crippen molar-refractivity contribution in [1.82, 2.24) is 4.90 Å². The van der Waals surface area contributed by atoms with Crippen LogP contribution < -0.4 is 4.74 Å². The monoisotopic (exact) mass is 461 g/mol. The summed E-state index contributed by atoms with van der Waals surface area (Å²) in [6.07, 6.45) is -0.131. The van der Waals surface area contributed by atoms with Crippen molar-refractivity contribution in [1.29, 1.82) is 0 Å². The van der Waals surface area contributed by atoms with E-state index < -0.39 is 5.97 Å². The van der Waals surface area contributed by atoms with Crippen LogP contribution in [0.15, 0.2) is 53.0 Å². The summed E-state index contributed by atoms with van der Waals surface area (Å²) in [5, 5.41) is 0. The van der Waals surface area contributed by atoms with Gasteiger partial charge in [0.05, 0.1) is 19.1 Å². The molecule has 0 radical (unpaired) electrons. The summed E-state index contributed by atoms with van der Waals surface area (Å²) in [6.45, 7) is 2.49. The molecule has 0 atom stereocenters. The minimum Gasteiger partial charge on any atom is -0.496 e. The molecule has 0 saturated carbocycles. The number of benzene rings is 2. The predicted molar refractivity (Wildman–Crippen MR) is 113 cm³/mol. The fourth-order valence-electron chi connectivity index (χ4n) is 2.73. The van der Waals surface area contributed by atoms with Crippen molar-refractivity contribution in [3.05, 3.63) is 64.1 Å². The Morgan fingerprint density at radius 2 is 1.76 bits per heavy atom. The number of hydrogen-bond donors (Lipinski definition) is 0. The summed E-state index contributed by atoms with van der Waals surface area (Å²) < 4.78 is 11.0. The summed E-state index contributed by atoms with van der Waals surface area (Å²) in [5.41, 5.74) is 1.40. The first-order valence-electron chi connectivity index (χ1n) is 9.28. The van der Waals surface area contributed by atoms with Crippen molar-refractivity contribution < 1.29 is 23.9 Å². The molecule has 29 heavy (non-hydrogen) atoms. The van der Waals surface area contributed by atoms with Crippen LogP contribution in [0, 0.1) is 0 Å². The van der Waals surface area contributed by atoms with E-state index >= 15 is 0 Å². The molecule has 0 spiro atoms. The van der Waals surface area contributed by atoms with Crippen LogP contribution in [0.4, 0.5) is 0 Å². The first-order valence-corrected chi connectivity index (χ1v) is 10.1. The number of esters is 1. The number of carbonyl (C=O) groups is 3. The Balaban J connectivity index is 1.82. The highest BCUT2D eigenvalue weighted by Crippen LogP contribution is 2.24. The van der Waals surface area contributed by atoms with Gasteiger partial charge < -0.3 is 14.4 Å². The van der Waals surface area contributed by atoms with Crippen molar-refractivity contribution in [2.45, 2.75) is 26.3 Å². The summed E-state index contributed by atoms with van der Waals surface area (Å²) in [4.78, 5) is 38.3. The highest BCUT2D eigenvalue weighted by molar-refractivity contribution is 9.10. The van der Waals surface area contributed by atoms with Gasteiger partial charge in [0, 0.05) is 24.0 Å². The maximum absolute atomic E-state index is 12.4. The van der Waals surface area contributed by atoms with Gasteiger partial charge in [0.25, 0.3) is 5.91 Å². The Hall–Kier alpha value is -2.67. The molecule has 0 aliphatic heterocycles. The second-order valence-electron chi connectivity index (χ2n) is 6.32. The van der Waals surface area contributed by atoms with E-state index in [0.717, 1.165) is 10.0 Å². The smallest absolute Gasteiger partial charge is 0.306 e. The minimum atomic E-state index is -0.587. The SMILES string of the molecule is CCN(Cc1ccccc1)C(=O)COC(=O)CCC(=O)c1cc(Br)ccc1OC. The second-order valence-corrected chi connectivity index (χ2v) is 7.24. The average molecular weight is 462 g/mol. The molecule has 6 nitrogen and oxygen atoms in total. The Labute approximate surface area is 178 Å². The molecular weight excluding hydrogens is 438 g/mol. The number of likely N-dealkylation sites (N-methyl/N-ethyl adjacent to an activating group) is 1. The number of hydrogen-bond acceptors (Lipinski definition) is 5. The Bertz CT molecular complexity index is 854. The zero-order valence-electron chi connectivity index (χ0n) is 16.5. The summed E-state index contributed by atoms with van der Waals surface area (Å²) in [5.74, 6) is -0.645. The van der Waals surface area contributed by atoms with Gasteiger partial charge in [-0.05, 0) is 30.7 Å². The average Bonchev–Trinajstić information content (AvgIpc) is 2.74. The number of carbonyl (C=O) groups excluding carboxylic acids is 3. The molecule has 2 rings (SSSR count). The van der Waals surface area contributed by atoms with Crippen molar-refractivity contribution in [2.75, 3.05) is 20.3 Å². The Morgan fingerprint density at radius 3 is 2.41 bits per heavy atom. The van der Waals surface area contributed by atoms with Gasteiger partial charge in [0.15, 0.2) is 12.4 Å². The van der Waals surface area contributed by atoms with E-state index in [4.69, 9.17) is 9.47 Å². The topological polar surface area (TPSA) is 72.9 Å². The molecule has 7 heteroatoms. The Kier molecular flexibility index (Phi) is 8.86. The second kappa shape index (κ2) is 11.4. The van der Waals surface area contributed by atoms with Crippen LogP contribution >= 0.6 is 15.9 Å². The molecule has 0 saturated heterocycles. The third-order valence-corrected chi connectivity index (χ3v) is 4.82. The lowest BCUT2D eigenvalue weighted by Gasteiger charge is -2.20. The molecule has 2 aromatic carbocycles. The van der Waals surface area contributed by atoms with Gasteiger partial charge in [-0.2, -0.15) is 0 Å². The van der Waals surface area contributed by atoms with Crippen LogP contribution in [-0.2, 0) is 20.9 Å². The summed E-state index contributed by atoms with van der Waals surface area (Å²) in [6, 6.07) is 14.7. The number of Topliss-reactive ketones (excluding diaryl/α,β-unsaturated/α-hetero) is 1. The Morgan fingerprint density at radius 1 is 1.03 bits per heavy atom. The van der Waals surface area contributed by atoms with Crippen LogP contribution in [-0.4, -0.2) is 42.8 Å². The quantitative estimate of drug-likeness (QED) is 0.394. The molecule has 0 N–H and O–H groups in total. The predicted octanol–water partition coefficient (Wildman–Crippen LogP) is 4.01. The van der Waals surface area contributed by atoms with E-state index in [9.17, 15) is 14.4 Å². The lowest BCUT2D eigenvalue weighted by Crippen LogP contribution is -2.34. The molecule has 0 aromatic heterocycles. The van der Waals surface area contributed by atoms with Gasteiger partial charge in [0.1, 0.15) is 5.75 Å². The fraction of sp³-hybridized carbons (Fsp3) is 0.318. The van der Waals surface area contributed by atoms with Crippen LogP contribution in [0.5, 0.6) is 5.75 Å². The van der Waals surface area contributed by atoms with Gasteiger partial charge in [-0.3, -0.25) is 14.4 Å². The third-order valence-electron chi connectivity index (χ3n) is 4.33. The van der Waals surface area contributed by atoms with Crippen LogP contribution in [0.25, 0.3) is 0 Å². The van der Waals surface area contributed by atoms with Gasteiger partial charge in [0.2, 0.25) is 0 Å². The molecule has 0 aliphatic rings. The maximum atomic E-state index is 12.4. The van der Waals surface area contributed by atoms with E-state index in [0.29, 0.717) is 24.4 Å². The van der Waals surface area contributed by atoms with E-state index in [2.05, 4.69) is 15.9 Å². The zero-order valence-corrected chi connectivity index (χ0v) is 18.1. The molecule has 0 heterocycles. The molecule has 0 fully saturated rings. The van der Waals surface area contributed by atoms with Gasteiger partial charge >= 0.3 is 5.97 Å². The number of amides is 1. The molecule has 2 aromatic rings. The summed E-state index contributed by atoms with van der Waals surface area (Å²) in [7, 11) is 1.48. The molecular formula is C22H24BrNO5. The molecule has 1 amide bonds. The first-order chi connectivity index (χ1) is 13.9. The number of ketones is 1. The van der Waals surface area contributed by atoms with Crippen molar-refractivity contribution in [3.8, 4) is 5.75 Å². The lowest BCUT2D eigenvalue weighted by atomic mass is 10.1. The normalized spacial score (nSPS) is 10.3. The highest BCUT2D eigenvalue weighted by Gasteiger charge is 2.17. The zero-order chi connectivity index (χ0) is 21.2. The number of nitrogens with zero attached hydrogens (tertiary/aromatic N) is 1. The van der Waals surface area contributed by atoms with E-state index in [1.54, 1.807) is 23.1 Å². The van der Waals surface area contributed by atoms with E-state index in [1.165, 1.54) is 7.11 Å². The number of methoxy groups -OCH3 is 1. The molecule has 0 bridgehead atoms. The standard InChI is InChI=1S/C22H24BrNO5/c1-3-24(14-16-7-5-4-6-8-16)21(26)15-29-22(27)12-10-19(25)18-13-17(23)9-11-20(18)28-2/h4-9,11,13H,3,10,12,14-15H2,1-2H3. The van der Waals surface area contributed by atoms with Crippen molar-refractivity contribution >= 4 is 33.6 Å². The van der Waals surface area contributed by atoms with Gasteiger partial charge in [-0.15, -0.1) is 0 Å². The van der Waals surface area contributed by atoms with Crippen molar-refractivity contribution in [2.24, 2.45) is 0 Å². The number of rotatable bonds is 10. The van der Waals surface area contributed by atoms with E-state index in [1.807, 2.05) is 37.3 Å². The first kappa shape index (κ1) is 22.6. The third kappa shape index (κ3) is 7.02. The fourth-order valence-corrected chi connectivity index (χ4v) is 3.10. The van der Waals surface area contributed by atoms with Gasteiger partial charge in [-0.25, -0.2) is 0 Å². The van der Waals surface area contributed by atoms with Crippen LogP contribution in [0.2, 0.25) is 0 Å². The van der Waals surface area contributed by atoms with E-state index in [-0.39, 0.29) is 31.1 Å². The number of ether oxygens (including phenoxy) is 2. The lowest BCUT2D eigenvalue weighted by molar-refractivity contribution is -0.152. The maximum Gasteiger partial charge on any atom is 0.306 e. The van der Waals surface area contributed by atoms with Crippen LogP contribution in [0.1, 0.15) is 35.7 Å². The van der Waals surface area contributed by atoms with Crippen molar-refractivity contribution in [3.63, 3.8) is 0 Å². The number of halogens is 1. The largest absolute Gasteiger partial charge is 0.496 e. The molecule has 154 valence electrons. The van der Waals surface area contributed by atoms with Gasteiger partial charge in [-0.1, -0.05) is 46.3 Å².